The van der Waals surface area contributed by atoms with Crippen molar-refractivity contribution in [2.75, 3.05) is 19.0 Å². The van der Waals surface area contributed by atoms with Gasteiger partial charge >= 0.3 is 0 Å². The van der Waals surface area contributed by atoms with Gasteiger partial charge < -0.3 is 9.64 Å². The van der Waals surface area contributed by atoms with E-state index in [1.54, 1.807) is 23.2 Å². The van der Waals surface area contributed by atoms with Crippen molar-refractivity contribution in [3.8, 4) is 11.9 Å². The predicted molar refractivity (Wildman–Crippen MR) is 79.1 cm³/mol. The van der Waals surface area contributed by atoms with Gasteiger partial charge in [-0.1, -0.05) is 0 Å². The molecule has 1 aromatic heterocycles. The van der Waals surface area contributed by atoms with Gasteiger partial charge in [-0.3, -0.25) is 4.79 Å². The summed E-state index contributed by atoms with van der Waals surface area (Å²) in [5.74, 6) is 0.756. The van der Waals surface area contributed by atoms with Crippen molar-refractivity contribution in [3.63, 3.8) is 0 Å². The van der Waals surface area contributed by atoms with Gasteiger partial charge in [0.05, 0.1) is 23.6 Å². The zero-order valence-corrected chi connectivity index (χ0v) is 12.9. The second-order valence-corrected chi connectivity index (χ2v) is 6.06. The lowest BCUT2D eigenvalue weighted by atomic mass is 9.94. The van der Waals surface area contributed by atoms with E-state index >= 15 is 0 Å². The maximum atomic E-state index is 12.3. The van der Waals surface area contributed by atoms with E-state index in [0.29, 0.717) is 30.4 Å². The van der Waals surface area contributed by atoms with E-state index < -0.39 is 5.41 Å². The SMILES string of the molecule is CC(C)(CCl)C(=O)N1CCC(Oc2cc(C#N)ccn2)C1. The molecule has 0 radical (unpaired) electrons. The Labute approximate surface area is 129 Å². The standard InChI is InChI=1S/C15H18ClN3O2/c1-15(2,10-16)14(20)19-6-4-12(9-19)21-13-7-11(8-17)3-5-18-13/h3,5,7,12H,4,6,9-10H2,1-2H3. The van der Waals surface area contributed by atoms with Crippen molar-refractivity contribution >= 4 is 17.5 Å². The Bertz CT molecular complexity index is 568. The normalized spacial score (nSPS) is 18.4. The van der Waals surface area contributed by atoms with Crippen molar-refractivity contribution in [1.82, 2.24) is 9.88 Å². The van der Waals surface area contributed by atoms with E-state index in [1.807, 2.05) is 19.9 Å². The van der Waals surface area contributed by atoms with Crippen molar-refractivity contribution in [1.29, 1.82) is 5.26 Å². The minimum atomic E-state index is -0.560. The summed E-state index contributed by atoms with van der Waals surface area (Å²) in [6.45, 7) is 4.86. The Balaban J connectivity index is 1.97. The van der Waals surface area contributed by atoms with Crippen LogP contribution in [0.25, 0.3) is 0 Å². The molecule has 1 fully saturated rings. The number of carbonyl (C=O) groups excluding carboxylic acids is 1. The van der Waals surface area contributed by atoms with Gasteiger partial charge in [0.2, 0.25) is 11.8 Å². The fraction of sp³-hybridized carbons (Fsp3) is 0.533. The Morgan fingerprint density at radius 2 is 2.43 bits per heavy atom. The van der Waals surface area contributed by atoms with Gasteiger partial charge in [0, 0.05) is 31.1 Å². The number of aromatic nitrogens is 1. The van der Waals surface area contributed by atoms with Crippen LogP contribution in [0, 0.1) is 16.7 Å². The van der Waals surface area contributed by atoms with Gasteiger partial charge in [0.1, 0.15) is 6.10 Å². The highest BCUT2D eigenvalue weighted by Crippen LogP contribution is 2.25. The molecule has 1 aliphatic heterocycles. The summed E-state index contributed by atoms with van der Waals surface area (Å²) < 4.78 is 5.76. The van der Waals surface area contributed by atoms with Crippen LogP contribution in [0.15, 0.2) is 18.3 Å². The molecule has 2 rings (SSSR count). The van der Waals surface area contributed by atoms with Crippen LogP contribution < -0.4 is 4.74 Å². The number of amides is 1. The van der Waals surface area contributed by atoms with Gasteiger partial charge in [0.15, 0.2) is 0 Å². The first-order chi connectivity index (χ1) is 9.96. The van der Waals surface area contributed by atoms with Crippen LogP contribution in [-0.4, -0.2) is 40.9 Å². The molecule has 1 amide bonds. The fourth-order valence-corrected chi connectivity index (χ4v) is 2.32. The first-order valence-electron chi connectivity index (χ1n) is 6.84. The number of nitrogens with zero attached hydrogens (tertiary/aromatic N) is 3. The van der Waals surface area contributed by atoms with Crippen LogP contribution in [0.1, 0.15) is 25.8 Å². The second-order valence-electron chi connectivity index (χ2n) is 5.79. The monoisotopic (exact) mass is 307 g/mol. The molecular formula is C15H18ClN3O2. The molecule has 21 heavy (non-hydrogen) atoms. The lowest BCUT2D eigenvalue weighted by molar-refractivity contribution is -0.138. The quantitative estimate of drug-likeness (QED) is 0.800. The van der Waals surface area contributed by atoms with Gasteiger partial charge in [0.25, 0.3) is 0 Å². The van der Waals surface area contributed by atoms with Gasteiger partial charge in [-0.05, 0) is 19.9 Å². The van der Waals surface area contributed by atoms with Crippen LogP contribution in [0.2, 0.25) is 0 Å². The predicted octanol–water partition coefficient (Wildman–Crippen LogP) is 2.20. The number of nitriles is 1. The Kier molecular flexibility index (Phi) is 4.69. The van der Waals surface area contributed by atoms with Crippen LogP contribution >= 0.6 is 11.6 Å². The van der Waals surface area contributed by atoms with E-state index in [1.165, 1.54) is 0 Å². The number of rotatable bonds is 4. The average molecular weight is 308 g/mol. The molecule has 2 heterocycles. The molecule has 0 spiro atoms. The number of likely N-dealkylation sites (tertiary alicyclic amines) is 1. The number of ether oxygens (including phenoxy) is 1. The molecule has 0 aliphatic carbocycles. The molecule has 0 aromatic carbocycles. The van der Waals surface area contributed by atoms with Crippen molar-refractivity contribution in [3.05, 3.63) is 23.9 Å². The summed E-state index contributed by atoms with van der Waals surface area (Å²) >= 11 is 5.85. The average Bonchev–Trinajstić information content (AvgIpc) is 2.95. The highest BCUT2D eigenvalue weighted by Gasteiger charge is 2.36. The Hall–Kier alpha value is -1.80. The molecule has 1 unspecified atom stereocenters. The van der Waals surface area contributed by atoms with Gasteiger partial charge in [-0.25, -0.2) is 4.98 Å². The molecule has 6 heteroatoms. The maximum absolute atomic E-state index is 12.3. The van der Waals surface area contributed by atoms with E-state index in [-0.39, 0.29) is 12.0 Å². The van der Waals surface area contributed by atoms with Crippen molar-refractivity contribution in [2.24, 2.45) is 5.41 Å². The first kappa shape index (κ1) is 15.6. The summed E-state index contributed by atoms with van der Waals surface area (Å²) in [6, 6.07) is 5.28. The number of hydrogen-bond donors (Lipinski definition) is 0. The molecule has 1 aromatic rings. The maximum Gasteiger partial charge on any atom is 0.229 e. The van der Waals surface area contributed by atoms with Crippen molar-refractivity contribution in [2.45, 2.75) is 26.4 Å². The van der Waals surface area contributed by atoms with Crippen molar-refractivity contribution < 1.29 is 9.53 Å². The van der Waals surface area contributed by atoms with E-state index in [4.69, 9.17) is 21.6 Å². The lowest BCUT2D eigenvalue weighted by Crippen LogP contribution is -2.41. The molecule has 1 atom stereocenters. The van der Waals surface area contributed by atoms with E-state index in [9.17, 15) is 4.79 Å². The number of pyridine rings is 1. The third-order valence-electron chi connectivity index (χ3n) is 3.50. The summed E-state index contributed by atoms with van der Waals surface area (Å²) in [7, 11) is 0. The first-order valence-corrected chi connectivity index (χ1v) is 7.38. The Morgan fingerprint density at radius 1 is 1.67 bits per heavy atom. The van der Waals surface area contributed by atoms with Gasteiger partial charge in [-0.15, -0.1) is 11.6 Å². The zero-order chi connectivity index (χ0) is 15.5. The zero-order valence-electron chi connectivity index (χ0n) is 12.2. The molecule has 5 nitrogen and oxygen atoms in total. The van der Waals surface area contributed by atoms with Gasteiger partial charge in [-0.2, -0.15) is 5.26 Å². The Morgan fingerprint density at radius 3 is 3.10 bits per heavy atom. The molecular weight excluding hydrogens is 290 g/mol. The molecule has 0 N–H and O–H groups in total. The van der Waals surface area contributed by atoms with Crippen LogP contribution in [0.5, 0.6) is 5.88 Å². The third-order valence-corrected chi connectivity index (χ3v) is 4.16. The molecule has 112 valence electrons. The van der Waals surface area contributed by atoms with E-state index in [0.717, 1.165) is 6.42 Å². The third kappa shape index (κ3) is 3.64. The summed E-state index contributed by atoms with van der Waals surface area (Å²) in [5.41, 5.74) is -0.0516. The number of halogens is 1. The summed E-state index contributed by atoms with van der Waals surface area (Å²) in [4.78, 5) is 18.2. The highest BCUT2D eigenvalue weighted by atomic mass is 35.5. The lowest BCUT2D eigenvalue weighted by Gasteiger charge is -2.27. The molecule has 1 saturated heterocycles. The minimum absolute atomic E-state index is 0.0438. The number of alkyl halides is 1. The van der Waals surface area contributed by atoms with E-state index in [2.05, 4.69) is 4.98 Å². The second kappa shape index (κ2) is 6.31. The number of hydrogen-bond acceptors (Lipinski definition) is 4. The van der Waals surface area contributed by atoms with Crippen LogP contribution in [-0.2, 0) is 4.79 Å². The topological polar surface area (TPSA) is 66.2 Å². The molecule has 0 bridgehead atoms. The van der Waals surface area contributed by atoms with Crippen LogP contribution in [0.4, 0.5) is 0 Å². The molecule has 1 aliphatic rings. The summed E-state index contributed by atoms with van der Waals surface area (Å²) in [6.07, 6.45) is 2.20. The number of carbonyl (C=O) groups is 1. The summed E-state index contributed by atoms with van der Waals surface area (Å²) in [5, 5.41) is 8.86. The van der Waals surface area contributed by atoms with Crippen LogP contribution in [0.3, 0.4) is 0 Å². The highest BCUT2D eigenvalue weighted by molar-refractivity contribution is 6.19. The fourth-order valence-electron chi connectivity index (χ4n) is 2.21. The largest absolute Gasteiger partial charge is 0.472 e. The smallest absolute Gasteiger partial charge is 0.229 e. The minimum Gasteiger partial charge on any atom is -0.472 e. The molecule has 0 saturated carbocycles.